The molecule has 1 aliphatic rings. The fraction of sp³-hybridized carbons (Fsp3) is 0.500. The van der Waals surface area contributed by atoms with Gasteiger partial charge in [-0.25, -0.2) is 4.98 Å². The number of hydrogen-bond acceptors (Lipinski definition) is 5. The van der Waals surface area contributed by atoms with E-state index in [2.05, 4.69) is 15.6 Å². The lowest BCUT2D eigenvalue weighted by Gasteiger charge is -2.15. The zero-order valence-corrected chi connectivity index (χ0v) is 11.7. The highest BCUT2D eigenvalue weighted by Gasteiger charge is 2.31. The van der Waals surface area contributed by atoms with Gasteiger partial charge >= 0.3 is 5.97 Å². The lowest BCUT2D eigenvalue weighted by Crippen LogP contribution is -2.24. The van der Waals surface area contributed by atoms with Crippen LogP contribution in [-0.4, -0.2) is 37.1 Å². The summed E-state index contributed by atoms with van der Waals surface area (Å²) in [4.78, 5) is 27.5. The molecule has 1 fully saturated rings. The Labute approximate surface area is 117 Å². The van der Waals surface area contributed by atoms with Crippen molar-refractivity contribution in [2.24, 2.45) is 5.92 Å². The van der Waals surface area contributed by atoms with E-state index in [-0.39, 0.29) is 23.8 Å². The van der Waals surface area contributed by atoms with E-state index in [4.69, 9.17) is 4.74 Å². The van der Waals surface area contributed by atoms with Gasteiger partial charge in [0.1, 0.15) is 5.82 Å². The largest absolute Gasteiger partial charge is 0.469 e. The van der Waals surface area contributed by atoms with Gasteiger partial charge in [0, 0.05) is 19.3 Å². The van der Waals surface area contributed by atoms with Gasteiger partial charge in [-0.2, -0.15) is 0 Å². The van der Waals surface area contributed by atoms with E-state index in [0.717, 1.165) is 12.8 Å². The summed E-state index contributed by atoms with van der Waals surface area (Å²) in [6.45, 7) is 0. The van der Waals surface area contributed by atoms with Crippen molar-refractivity contribution in [3.63, 3.8) is 0 Å². The summed E-state index contributed by atoms with van der Waals surface area (Å²) in [6.07, 6.45) is 4.01. The molecule has 1 aromatic rings. The Kier molecular flexibility index (Phi) is 4.55. The summed E-state index contributed by atoms with van der Waals surface area (Å²) in [5.74, 6) is 0.150. The van der Waals surface area contributed by atoms with Crippen LogP contribution in [0.1, 0.15) is 29.6 Å². The number of aromatic nitrogens is 1. The molecule has 6 heteroatoms. The Morgan fingerprint density at radius 2 is 2.20 bits per heavy atom. The lowest BCUT2D eigenvalue weighted by atomic mass is 10.1. The van der Waals surface area contributed by atoms with Crippen LogP contribution in [0.5, 0.6) is 0 Å². The number of anilines is 1. The van der Waals surface area contributed by atoms with Crippen LogP contribution in [0.2, 0.25) is 0 Å². The molecule has 0 saturated heterocycles. The molecular weight excluding hydrogens is 258 g/mol. The summed E-state index contributed by atoms with van der Waals surface area (Å²) < 4.78 is 4.77. The third kappa shape index (κ3) is 3.07. The Bertz CT molecular complexity index is 504. The summed E-state index contributed by atoms with van der Waals surface area (Å²) in [7, 11) is 2.99. The zero-order valence-electron chi connectivity index (χ0n) is 11.7. The van der Waals surface area contributed by atoms with Gasteiger partial charge in [0.25, 0.3) is 5.91 Å². The summed E-state index contributed by atoms with van der Waals surface area (Å²) in [6, 6.07) is 3.58. The third-order valence-electron chi connectivity index (χ3n) is 3.59. The van der Waals surface area contributed by atoms with E-state index in [1.165, 1.54) is 7.11 Å². The normalized spacial score (nSPS) is 21.3. The number of carbonyl (C=O) groups excluding carboxylic acids is 2. The van der Waals surface area contributed by atoms with Crippen LogP contribution in [0, 0.1) is 5.92 Å². The van der Waals surface area contributed by atoms with Crippen molar-refractivity contribution in [2.75, 3.05) is 19.5 Å². The van der Waals surface area contributed by atoms with Crippen molar-refractivity contribution in [3.8, 4) is 0 Å². The first kappa shape index (κ1) is 14.3. The molecule has 6 nitrogen and oxygen atoms in total. The van der Waals surface area contributed by atoms with E-state index < -0.39 is 0 Å². The third-order valence-corrected chi connectivity index (χ3v) is 3.59. The van der Waals surface area contributed by atoms with Crippen LogP contribution in [0.15, 0.2) is 18.3 Å². The number of rotatable bonds is 4. The molecule has 20 heavy (non-hydrogen) atoms. The van der Waals surface area contributed by atoms with Gasteiger partial charge in [0.15, 0.2) is 0 Å². The van der Waals surface area contributed by atoms with Crippen molar-refractivity contribution in [1.82, 2.24) is 10.3 Å². The van der Waals surface area contributed by atoms with Crippen molar-refractivity contribution < 1.29 is 14.3 Å². The maximum absolute atomic E-state index is 11.8. The molecule has 0 aromatic carbocycles. The number of amides is 1. The van der Waals surface area contributed by atoms with E-state index in [1.54, 1.807) is 25.4 Å². The van der Waals surface area contributed by atoms with Crippen molar-refractivity contribution >= 4 is 17.7 Å². The molecule has 0 bridgehead atoms. The van der Waals surface area contributed by atoms with Crippen molar-refractivity contribution in [3.05, 3.63) is 23.9 Å². The number of carbonyl (C=O) groups is 2. The Morgan fingerprint density at radius 1 is 1.40 bits per heavy atom. The number of hydrogen-bond donors (Lipinski definition) is 2. The second-order valence-corrected chi connectivity index (χ2v) is 4.85. The predicted octanol–water partition coefficient (Wildman–Crippen LogP) is 1.19. The fourth-order valence-electron chi connectivity index (χ4n) is 2.52. The summed E-state index contributed by atoms with van der Waals surface area (Å²) in [5.41, 5.74) is 0.511. The van der Waals surface area contributed by atoms with Crippen molar-refractivity contribution in [2.45, 2.75) is 25.3 Å². The molecule has 2 rings (SSSR count). The highest BCUT2D eigenvalue weighted by atomic mass is 16.5. The minimum atomic E-state index is -0.178. The molecule has 108 valence electrons. The monoisotopic (exact) mass is 277 g/mol. The van der Waals surface area contributed by atoms with Gasteiger partial charge in [-0.15, -0.1) is 0 Å². The van der Waals surface area contributed by atoms with Crippen LogP contribution >= 0.6 is 0 Å². The molecule has 1 aromatic heterocycles. The van der Waals surface area contributed by atoms with Crippen LogP contribution in [0.25, 0.3) is 0 Å². The number of ether oxygens (including phenoxy) is 1. The molecule has 1 saturated carbocycles. The maximum atomic E-state index is 11.8. The number of methoxy groups -OCH3 is 1. The molecule has 1 aliphatic carbocycles. The van der Waals surface area contributed by atoms with E-state index >= 15 is 0 Å². The topological polar surface area (TPSA) is 80.3 Å². The van der Waals surface area contributed by atoms with Gasteiger partial charge in [-0.1, -0.05) is 0 Å². The first-order valence-electron chi connectivity index (χ1n) is 6.67. The highest BCUT2D eigenvalue weighted by molar-refractivity contribution is 5.98. The fourth-order valence-corrected chi connectivity index (χ4v) is 2.52. The first-order chi connectivity index (χ1) is 9.65. The highest BCUT2D eigenvalue weighted by Crippen LogP contribution is 2.29. The minimum absolute atomic E-state index is 0.0651. The Morgan fingerprint density at radius 3 is 2.90 bits per heavy atom. The second kappa shape index (κ2) is 6.36. The van der Waals surface area contributed by atoms with E-state index in [9.17, 15) is 9.59 Å². The van der Waals surface area contributed by atoms with Gasteiger partial charge in [-0.3, -0.25) is 9.59 Å². The first-order valence-corrected chi connectivity index (χ1v) is 6.67. The lowest BCUT2D eigenvalue weighted by molar-refractivity contribution is -0.145. The van der Waals surface area contributed by atoms with Gasteiger partial charge in [-0.05, 0) is 31.4 Å². The number of esters is 1. The predicted molar refractivity (Wildman–Crippen MR) is 74.4 cm³/mol. The van der Waals surface area contributed by atoms with Crippen molar-refractivity contribution in [1.29, 1.82) is 0 Å². The molecule has 2 N–H and O–H groups in total. The van der Waals surface area contributed by atoms with Crippen LogP contribution < -0.4 is 10.6 Å². The molecule has 1 amide bonds. The van der Waals surface area contributed by atoms with Gasteiger partial charge in [0.05, 0.1) is 18.6 Å². The standard InChI is InChI=1S/C14H19N3O3/c1-15-13(18)11-4-3-7-16-12(11)17-10-6-5-9(8-10)14(19)20-2/h3-4,7,9-10H,5-6,8H2,1-2H3,(H,15,18)(H,16,17)/t9-,10+/m0/s1. The quantitative estimate of drug-likeness (QED) is 0.808. The number of nitrogens with zero attached hydrogens (tertiary/aromatic N) is 1. The molecule has 0 unspecified atom stereocenters. The zero-order chi connectivity index (χ0) is 14.5. The average molecular weight is 277 g/mol. The van der Waals surface area contributed by atoms with E-state index in [0.29, 0.717) is 17.8 Å². The maximum Gasteiger partial charge on any atom is 0.308 e. The summed E-state index contributed by atoms with van der Waals surface area (Å²) in [5, 5.41) is 5.84. The number of nitrogens with one attached hydrogen (secondary N) is 2. The average Bonchev–Trinajstić information content (AvgIpc) is 2.94. The molecular formula is C14H19N3O3. The minimum Gasteiger partial charge on any atom is -0.469 e. The molecule has 2 atom stereocenters. The molecule has 1 heterocycles. The van der Waals surface area contributed by atoms with E-state index in [1.807, 2.05) is 0 Å². The molecule has 0 spiro atoms. The smallest absolute Gasteiger partial charge is 0.308 e. The Hall–Kier alpha value is -2.11. The van der Waals surface area contributed by atoms with Crippen LogP contribution in [0.3, 0.4) is 0 Å². The summed E-state index contributed by atoms with van der Waals surface area (Å²) >= 11 is 0. The number of pyridine rings is 1. The molecule has 0 aliphatic heterocycles. The van der Waals surface area contributed by atoms with Gasteiger partial charge in [0.2, 0.25) is 0 Å². The van der Waals surface area contributed by atoms with Crippen LogP contribution in [0.4, 0.5) is 5.82 Å². The molecule has 0 radical (unpaired) electrons. The second-order valence-electron chi connectivity index (χ2n) is 4.85. The SMILES string of the molecule is CNC(=O)c1cccnc1N[C@@H]1CC[C@H](C(=O)OC)C1. The Balaban J connectivity index is 2.05. The van der Waals surface area contributed by atoms with Crippen LogP contribution in [-0.2, 0) is 9.53 Å². The van der Waals surface area contributed by atoms with Gasteiger partial charge < -0.3 is 15.4 Å².